The molecule has 0 fully saturated rings. The monoisotopic (exact) mass is 302 g/mol. The van der Waals surface area contributed by atoms with Crippen LogP contribution in [0.2, 0.25) is 0 Å². The Morgan fingerprint density at radius 2 is 2.21 bits per heavy atom. The van der Waals surface area contributed by atoms with Crippen molar-refractivity contribution in [3.8, 4) is 0 Å². The first-order valence-electron chi connectivity index (χ1n) is 4.67. The van der Waals surface area contributed by atoms with Gasteiger partial charge in [-0.2, -0.15) is 0 Å². The lowest BCUT2D eigenvalue weighted by molar-refractivity contribution is -0.142. The van der Waals surface area contributed by atoms with Crippen LogP contribution in [0.5, 0.6) is 0 Å². The average molecular weight is 302 g/mol. The summed E-state index contributed by atoms with van der Waals surface area (Å²) in [5.41, 5.74) is 2.54. The molecule has 0 bridgehead atoms. The minimum absolute atomic E-state index is 0.178. The maximum Gasteiger partial charge on any atom is 0.306 e. The average Bonchev–Trinajstić information content (AvgIpc) is 2.16. The molecule has 0 amide bonds. The van der Waals surface area contributed by atoms with Crippen LogP contribution in [0.15, 0.2) is 18.2 Å². The van der Waals surface area contributed by atoms with Gasteiger partial charge in [-0.1, -0.05) is 6.07 Å². The summed E-state index contributed by atoms with van der Waals surface area (Å²) in [5, 5.41) is 8.92. The number of hydrogen-bond donors (Lipinski definition) is 1. The number of benzene rings is 1. The van der Waals surface area contributed by atoms with Gasteiger partial charge in [0, 0.05) is 3.57 Å². The molecule has 0 saturated carbocycles. The van der Waals surface area contributed by atoms with E-state index in [0.717, 1.165) is 12.8 Å². The third kappa shape index (κ3) is 1.92. The van der Waals surface area contributed by atoms with Gasteiger partial charge in [0.1, 0.15) is 0 Å². The lowest BCUT2D eigenvalue weighted by atomic mass is 9.84. The largest absolute Gasteiger partial charge is 0.481 e. The van der Waals surface area contributed by atoms with E-state index in [1.165, 1.54) is 14.7 Å². The van der Waals surface area contributed by atoms with Gasteiger partial charge in [-0.15, -0.1) is 0 Å². The summed E-state index contributed by atoms with van der Waals surface area (Å²) in [6.07, 6.45) is 2.38. The van der Waals surface area contributed by atoms with Crippen LogP contribution in [0.3, 0.4) is 0 Å². The van der Waals surface area contributed by atoms with E-state index >= 15 is 0 Å². The molecule has 0 spiro atoms. The molecule has 14 heavy (non-hydrogen) atoms. The third-order valence-electron chi connectivity index (χ3n) is 2.75. The smallest absolute Gasteiger partial charge is 0.306 e. The first-order chi connectivity index (χ1) is 6.66. The fraction of sp³-hybridized carbons (Fsp3) is 0.364. The Morgan fingerprint density at radius 1 is 1.43 bits per heavy atom. The summed E-state index contributed by atoms with van der Waals surface area (Å²) in [6, 6.07) is 6.27. The van der Waals surface area contributed by atoms with Crippen molar-refractivity contribution >= 4 is 28.6 Å². The van der Waals surface area contributed by atoms with Gasteiger partial charge >= 0.3 is 5.97 Å². The summed E-state index contributed by atoms with van der Waals surface area (Å²) >= 11 is 2.29. The molecule has 0 aliphatic heterocycles. The van der Waals surface area contributed by atoms with Gasteiger partial charge in [0.05, 0.1) is 5.92 Å². The van der Waals surface area contributed by atoms with Crippen LogP contribution < -0.4 is 0 Å². The summed E-state index contributed by atoms with van der Waals surface area (Å²) in [7, 11) is 0. The van der Waals surface area contributed by atoms with E-state index in [0.29, 0.717) is 6.42 Å². The van der Waals surface area contributed by atoms with E-state index in [1.807, 2.05) is 6.07 Å². The molecule has 0 heterocycles. The maximum atomic E-state index is 10.8. The van der Waals surface area contributed by atoms with Crippen molar-refractivity contribution in [3.05, 3.63) is 32.9 Å². The maximum absolute atomic E-state index is 10.8. The molecule has 74 valence electrons. The van der Waals surface area contributed by atoms with Crippen LogP contribution in [-0.2, 0) is 17.6 Å². The number of carboxylic acid groups (broad SMARTS) is 1. The molecule has 1 unspecified atom stereocenters. The zero-order valence-corrected chi connectivity index (χ0v) is 9.82. The van der Waals surface area contributed by atoms with Crippen LogP contribution in [0.4, 0.5) is 0 Å². The Balaban J connectivity index is 2.27. The Labute approximate surface area is 96.5 Å². The lowest BCUT2D eigenvalue weighted by Gasteiger charge is -2.21. The number of fused-ring (bicyclic) bond motifs is 1. The summed E-state index contributed by atoms with van der Waals surface area (Å²) in [5.74, 6) is -0.836. The molecule has 1 aromatic rings. The minimum Gasteiger partial charge on any atom is -0.481 e. The Hall–Kier alpha value is -0.580. The van der Waals surface area contributed by atoms with Crippen LogP contribution >= 0.6 is 22.6 Å². The number of rotatable bonds is 1. The topological polar surface area (TPSA) is 37.3 Å². The van der Waals surface area contributed by atoms with Crippen molar-refractivity contribution in [2.24, 2.45) is 5.92 Å². The van der Waals surface area contributed by atoms with E-state index < -0.39 is 5.97 Å². The minimum atomic E-state index is -0.658. The summed E-state index contributed by atoms with van der Waals surface area (Å²) in [4.78, 5) is 10.8. The molecule has 0 saturated heterocycles. The van der Waals surface area contributed by atoms with Crippen molar-refractivity contribution in [2.75, 3.05) is 0 Å². The normalized spacial score (nSPS) is 20.2. The highest BCUT2D eigenvalue weighted by Crippen LogP contribution is 2.26. The first-order valence-corrected chi connectivity index (χ1v) is 5.75. The predicted molar refractivity (Wildman–Crippen MR) is 62.3 cm³/mol. The van der Waals surface area contributed by atoms with Gasteiger partial charge in [0.2, 0.25) is 0 Å². The summed E-state index contributed by atoms with van der Waals surface area (Å²) in [6.45, 7) is 0. The molecule has 1 aliphatic carbocycles. The van der Waals surface area contributed by atoms with Crippen molar-refractivity contribution in [3.63, 3.8) is 0 Å². The number of aliphatic carboxylic acids is 1. The fourth-order valence-electron chi connectivity index (χ4n) is 1.93. The van der Waals surface area contributed by atoms with E-state index in [4.69, 9.17) is 5.11 Å². The molecule has 0 radical (unpaired) electrons. The molecular formula is C11H11IO2. The second-order valence-corrected chi connectivity index (χ2v) is 4.94. The predicted octanol–water partition coefficient (Wildman–Crippen LogP) is 2.48. The molecule has 3 heteroatoms. The number of aryl methyl sites for hydroxylation is 1. The number of hydrogen-bond acceptors (Lipinski definition) is 1. The molecule has 1 aliphatic rings. The van der Waals surface area contributed by atoms with Crippen molar-refractivity contribution in [1.29, 1.82) is 0 Å². The highest BCUT2D eigenvalue weighted by molar-refractivity contribution is 14.1. The van der Waals surface area contributed by atoms with Gasteiger partial charge in [0.15, 0.2) is 0 Å². The van der Waals surface area contributed by atoms with Gasteiger partial charge in [-0.05, 0) is 65.1 Å². The second kappa shape index (κ2) is 3.88. The number of halogens is 1. The van der Waals surface area contributed by atoms with E-state index in [9.17, 15) is 4.79 Å². The Kier molecular flexibility index (Phi) is 2.76. The zero-order chi connectivity index (χ0) is 10.1. The van der Waals surface area contributed by atoms with Gasteiger partial charge in [-0.3, -0.25) is 4.79 Å². The molecular weight excluding hydrogens is 291 g/mol. The Bertz CT molecular complexity index is 374. The molecule has 1 N–H and O–H groups in total. The highest BCUT2D eigenvalue weighted by Gasteiger charge is 2.23. The molecule has 1 aromatic carbocycles. The Morgan fingerprint density at radius 3 is 2.93 bits per heavy atom. The number of carboxylic acids is 1. The molecule has 0 aromatic heterocycles. The molecule has 2 nitrogen and oxygen atoms in total. The van der Waals surface area contributed by atoms with Crippen LogP contribution in [0, 0.1) is 9.49 Å². The molecule has 1 atom stereocenters. The van der Waals surface area contributed by atoms with Crippen LogP contribution in [-0.4, -0.2) is 11.1 Å². The standard InChI is InChI=1S/C11H11IO2/c12-10-4-3-7-5-9(11(13)14)2-1-8(7)6-10/h3-4,6,9H,1-2,5H2,(H,13,14). The van der Waals surface area contributed by atoms with E-state index in [2.05, 4.69) is 34.7 Å². The van der Waals surface area contributed by atoms with Crippen molar-refractivity contribution in [2.45, 2.75) is 19.3 Å². The van der Waals surface area contributed by atoms with Crippen molar-refractivity contribution in [1.82, 2.24) is 0 Å². The van der Waals surface area contributed by atoms with Crippen molar-refractivity contribution < 1.29 is 9.90 Å². The number of carbonyl (C=O) groups is 1. The fourth-order valence-corrected chi connectivity index (χ4v) is 2.49. The zero-order valence-electron chi connectivity index (χ0n) is 7.66. The van der Waals surface area contributed by atoms with E-state index in [-0.39, 0.29) is 5.92 Å². The van der Waals surface area contributed by atoms with Crippen LogP contribution in [0.1, 0.15) is 17.5 Å². The molecule has 2 rings (SSSR count). The highest BCUT2D eigenvalue weighted by atomic mass is 127. The lowest BCUT2D eigenvalue weighted by Crippen LogP contribution is -2.22. The van der Waals surface area contributed by atoms with E-state index in [1.54, 1.807) is 0 Å². The second-order valence-electron chi connectivity index (χ2n) is 3.69. The van der Waals surface area contributed by atoms with Gasteiger partial charge < -0.3 is 5.11 Å². The van der Waals surface area contributed by atoms with Gasteiger partial charge in [-0.25, -0.2) is 0 Å². The van der Waals surface area contributed by atoms with Gasteiger partial charge in [0.25, 0.3) is 0 Å². The SMILES string of the molecule is O=C(O)C1CCc2cc(I)ccc2C1. The quantitative estimate of drug-likeness (QED) is 0.809. The third-order valence-corrected chi connectivity index (χ3v) is 3.42. The van der Waals surface area contributed by atoms with Crippen LogP contribution in [0.25, 0.3) is 0 Å². The summed E-state index contributed by atoms with van der Waals surface area (Å²) < 4.78 is 1.23. The first kappa shape index (κ1) is 9.96.